The quantitative estimate of drug-likeness (QED) is 0.671. The third-order valence-corrected chi connectivity index (χ3v) is 4.09. The highest BCUT2D eigenvalue weighted by Gasteiger charge is 2.13. The van der Waals surface area contributed by atoms with E-state index in [1.807, 2.05) is 14.0 Å². The number of nitro benzene ring substituents is 1. The van der Waals surface area contributed by atoms with E-state index in [2.05, 4.69) is 26.3 Å². The summed E-state index contributed by atoms with van der Waals surface area (Å²) < 4.78 is 2.77. The number of rotatable bonds is 5. The molecule has 0 unspecified atom stereocenters. The minimum Gasteiger partial charge on any atom is -0.307 e. The lowest BCUT2D eigenvalue weighted by Crippen LogP contribution is -2.16. The fourth-order valence-corrected chi connectivity index (χ4v) is 2.50. The third kappa shape index (κ3) is 3.05. The zero-order valence-electron chi connectivity index (χ0n) is 11.3. The van der Waals surface area contributed by atoms with E-state index in [9.17, 15) is 10.1 Å². The Balaban J connectivity index is 2.05. The molecule has 0 saturated heterocycles. The Morgan fingerprint density at radius 3 is 2.70 bits per heavy atom. The fourth-order valence-electron chi connectivity index (χ4n) is 2.03. The number of nitrogens with one attached hydrogen (secondary N) is 1. The highest BCUT2D eigenvalue weighted by molar-refractivity contribution is 9.10. The molecule has 0 fully saturated rings. The monoisotopic (exact) mass is 338 g/mol. The van der Waals surface area contributed by atoms with Crippen molar-refractivity contribution in [2.24, 2.45) is 7.05 Å². The lowest BCUT2D eigenvalue weighted by atomic mass is 10.2. The second-order valence-corrected chi connectivity index (χ2v) is 5.25. The summed E-state index contributed by atoms with van der Waals surface area (Å²) in [5, 5.41) is 18.4. The molecule has 0 amide bonds. The summed E-state index contributed by atoms with van der Waals surface area (Å²) in [5.74, 6) is 0. The fraction of sp³-hybridized carbons (Fsp3) is 0.308. The molecule has 6 nitrogen and oxygen atoms in total. The first-order valence-electron chi connectivity index (χ1n) is 6.11. The van der Waals surface area contributed by atoms with Gasteiger partial charge in [-0.15, -0.1) is 0 Å². The zero-order chi connectivity index (χ0) is 14.7. The molecule has 1 aromatic carbocycles. The highest BCUT2D eigenvalue weighted by atomic mass is 79.9. The lowest BCUT2D eigenvalue weighted by molar-refractivity contribution is -0.385. The Hall–Kier alpha value is -1.73. The molecule has 2 aromatic rings. The molecule has 0 bridgehead atoms. The first-order valence-corrected chi connectivity index (χ1v) is 6.91. The van der Waals surface area contributed by atoms with Gasteiger partial charge in [-0.2, -0.15) is 5.10 Å². The van der Waals surface area contributed by atoms with Crippen molar-refractivity contribution in [1.29, 1.82) is 0 Å². The molecule has 0 radical (unpaired) electrons. The van der Waals surface area contributed by atoms with Crippen molar-refractivity contribution in [2.45, 2.75) is 20.0 Å². The minimum absolute atomic E-state index is 0.139. The molecular weight excluding hydrogens is 324 g/mol. The summed E-state index contributed by atoms with van der Waals surface area (Å²) in [6.07, 6.45) is 0. The van der Waals surface area contributed by atoms with E-state index in [0.29, 0.717) is 18.7 Å². The van der Waals surface area contributed by atoms with Crippen molar-refractivity contribution in [3.8, 4) is 0 Å². The number of aromatic nitrogens is 2. The predicted octanol–water partition coefficient (Wildman–Crippen LogP) is 2.69. The summed E-state index contributed by atoms with van der Waals surface area (Å²) in [7, 11) is 1.87. The van der Waals surface area contributed by atoms with E-state index >= 15 is 0 Å². The van der Waals surface area contributed by atoms with Crippen molar-refractivity contribution in [3.63, 3.8) is 0 Å². The second-order valence-electron chi connectivity index (χ2n) is 4.46. The van der Waals surface area contributed by atoms with Gasteiger partial charge in [0.15, 0.2) is 0 Å². The number of para-hydroxylation sites is 1. The number of benzene rings is 1. The molecule has 106 valence electrons. The molecular formula is C13H15BrN4O2. The summed E-state index contributed by atoms with van der Waals surface area (Å²) >= 11 is 3.49. The van der Waals surface area contributed by atoms with Gasteiger partial charge < -0.3 is 5.32 Å². The average molecular weight is 339 g/mol. The molecule has 0 spiro atoms. The van der Waals surface area contributed by atoms with Crippen LogP contribution in [0.5, 0.6) is 0 Å². The van der Waals surface area contributed by atoms with Gasteiger partial charge in [-0.25, -0.2) is 0 Å². The SMILES string of the molecule is Cc1nn(C)c(CNCc2ccccc2[N+](=O)[O-])c1Br. The van der Waals surface area contributed by atoms with Crippen molar-refractivity contribution in [3.05, 3.63) is 55.8 Å². The van der Waals surface area contributed by atoms with Crippen LogP contribution in [0.1, 0.15) is 17.0 Å². The van der Waals surface area contributed by atoms with E-state index in [0.717, 1.165) is 15.9 Å². The summed E-state index contributed by atoms with van der Waals surface area (Å²) in [5.41, 5.74) is 2.75. The van der Waals surface area contributed by atoms with Crippen LogP contribution in [0.3, 0.4) is 0 Å². The van der Waals surface area contributed by atoms with Crippen LogP contribution < -0.4 is 5.32 Å². The minimum atomic E-state index is -0.360. The number of nitrogens with zero attached hydrogens (tertiary/aromatic N) is 3. The molecule has 0 atom stereocenters. The molecule has 7 heteroatoms. The highest BCUT2D eigenvalue weighted by Crippen LogP contribution is 2.21. The molecule has 0 aliphatic heterocycles. The van der Waals surface area contributed by atoms with Crippen molar-refractivity contribution < 1.29 is 4.92 Å². The van der Waals surface area contributed by atoms with Gasteiger partial charge in [0.1, 0.15) is 0 Å². The number of halogens is 1. The second kappa shape index (κ2) is 6.15. The Kier molecular flexibility index (Phi) is 4.51. The van der Waals surface area contributed by atoms with E-state index in [1.165, 1.54) is 6.07 Å². The summed E-state index contributed by atoms with van der Waals surface area (Å²) in [6.45, 7) is 2.95. The Bertz CT molecular complexity index is 639. The number of hydrogen-bond acceptors (Lipinski definition) is 4. The smallest absolute Gasteiger partial charge is 0.273 e. The van der Waals surface area contributed by atoms with Crippen molar-refractivity contribution >= 4 is 21.6 Å². The van der Waals surface area contributed by atoms with Gasteiger partial charge in [0.05, 0.1) is 20.8 Å². The van der Waals surface area contributed by atoms with E-state index < -0.39 is 0 Å². The number of nitro groups is 1. The Morgan fingerprint density at radius 2 is 2.10 bits per heavy atom. The van der Waals surface area contributed by atoms with Gasteiger partial charge in [0.25, 0.3) is 5.69 Å². The molecule has 1 N–H and O–H groups in total. The molecule has 0 aliphatic carbocycles. The van der Waals surface area contributed by atoms with Crippen LogP contribution in [0.15, 0.2) is 28.7 Å². The molecule has 20 heavy (non-hydrogen) atoms. The Morgan fingerprint density at radius 1 is 1.40 bits per heavy atom. The maximum atomic E-state index is 10.9. The largest absolute Gasteiger partial charge is 0.307 e. The maximum Gasteiger partial charge on any atom is 0.273 e. The topological polar surface area (TPSA) is 73.0 Å². The molecule has 1 heterocycles. The molecule has 0 saturated carbocycles. The molecule has 0 aliphatic rings. The zero-order valence-corrected chi connectivity index (χ0v) is 12.8. The normalized spacial score (nSPS) is 10.8. The number of hydrogen-bond donors (Lipinski definition) is 1. The van der Waals surface area contributed by atoms with Gasteiger partial charge in [0.2, 0.25) is 0 Å². The van der Waals surface area contributed by atoms with Gasteiger partial charge in [-0.3, -0.25) is 14.8 Å². The standard InChI is InChI=1S/C13H15BrN4O2/c1-9-13(14)12(17(2)16-9)8-15-7-10-5-3-4-6-11(10)18(19)20/h3-6,15H,7-8H2,1-2H3. The van der Waals surface area contributed by atoms with Gasteiger partial charge in [-0.1, -0.05) is 18.2 Å². The van der Waals surface area contributed by atoms with Crippen molar-refractivity contribution in [1.82, 2.24) is 15.1 Å². The van der Waals surface area contributed by atoms with E-state index in [-0.39, 0.29) is 10.6 Å². The van der Waals surface area contributed by atoms with E-state index in [1.54, 1.807) is 22.9 Å². The van der Waals surface area contributed by atoms with Gasteiger partial charge in [-0.05, 0) is 22.9 Å². The van der Waals surface area contributed by atoms with Crippen LogP contribution >= 0.6 is 15.9 Å². The number of aryl methyl sites for hydroxylation is 2. The van der Waals surface area contributed by atoms with Crippen LogP contribution in [0, 0.1) is 17.0 Å². The maximum absolute atomic E-state index is 10.9. The predicted molar refractivity (Wildman–Crippen MR) is 79.3 cm³/mol. The van der Waals surface area contributed by atoms with Crippen LogP contribution in [0.25, 0.3) is 0 Å². The average Bonchev–Trinajstić information content (AvgIpc) is 2.65. The first-order chi connectivity index (χ1) is 9.50. The summed E-state index contributed by atoms with van der Waals surface area (Å²) in [4.78, 5) is 10.6. The van der Waals surface area contributed by atoms with Crippen LogP contribution in [0.2, 0.25) is 0 Å². The molecule has 2 rings (SSSR count). The van der Waals surface area contributed by atoms with Crippen molar-refractivity contribution in [2.75, 3.05) is 0 Å². The van der Waals surface area contributed by atoms with E-state index in [4.69, 9.17) is 0 Å². The summed E-state index contributed by atoms with van der Waals surface area (Å²) in [6, 6.07) is 6.74. The van der Waals surface area contributed by atoms with Crippen LogP contribution in [-0.4, -0.2) is 14.7 Å². The Labute approximate surface area is 125 Å². The lowest BCUT2D eigenvalue weighted by Gasteiger charge is -2.06. The molecule has 1 aromatic heterocycles. The van der Waals surface area contributed by atoms with Gasteiger partial charge in [0, 0.05) is 31.8 Å². The van der Waals surface area contributed by atoms with Crippen LogP contribution in [-0.2, 0) is 20.1 Å². The first kappa shape index (κ1) is 14.7. The third-order valence-electron chi connectivity index (χ3n) is 3.06. The van der Waals surface area contributed by atoms with Gasteiger partial charge >= 0.3 is 0 Å². The van der Waals surface area contributed by atoms with Crippen LogP contribution in [0.4, 0.5) is 5.69 Å².